The standard InChI is InChI=1S/C32H32N6O3/c1-3-4-17-41-32(40)37-28(18-23-7-11-25(21-34)12-8-23)31(39)35-26-14-15-29-27(19-26)36-30(38(29)2)16-13-22-5-9-24(20-33)10-6-22/h5-12,14-15,19,28H,3-4,13,16-18H2,1-2H3,(H,35,39)(H,37,40). The number of carbonyl (C=O) groups is 2. The van der Waals surface area contributed by atoms with Crippen molar-refractivity contribution >= 4 is 28.7 Å². The van der Waals surface area contributed by atoms with E-state index in [1.807, 2.05) is 61.0 Å². The Labute approximate surface area is 239 Å². The van der Waals surface area contributed by atoms with Crippen molar-refractivity contribution < 1.29 is 14.3 Å². The Morgan fingerprint density at radius 1 is 0.951 bits per heavy atom. The summed E-state index contributed by atoms with van der Waals surface area (Å²) in [5.41, 5.74) is 5.31. The van der Waals surface area contributed by atoms with Crippen molar-refractivity contribution in [3.05, 3.63) is 94.8 Å². The molecule has 3 aromatic carbocycles. The Morgan fingerprint density at radius 2 is 1.61 bits per heavy atom. The number of nitriles is 2. The number of fused-ring (bicyclic) bond motifs is 1. The third kappa shape index (κ3) is 7.71. The quantitative estimate of drug-likeness (QED) is 0.248. The molecule has 4 rings (SSSR count). The van der Waals surface area contributed by atoms with Crippen LogP contribution in [0.5, 0.6) is 0 Å². The number of anilines is 1. The number of carbonyl (C=O) groups excluding carboxylic acids is 2. The van der Waals surface area contributed by atoms with Crippen LogP contribution in [-0.4, -0.2) is 34.2 Å². The van der Waals surface area contributed by atoms with Gasteiger partial charge in [0, 0.05) is 25.6 Å². The number of ether oxygens (including phenoxy) is 1. The molecule has 1 aromatic heterocycles. The van der Waals surface area contributed by atoms with Crippen LogP contribution in [0, 0.1) is 22.7 Å². The summed E-state index contributed by atoms with van der Waals surface area (Å²) in [6.45, 7) is 2.27. The maximum atomic E-state index is 13.3. The topological polar surface area (TPSA) is 133 Å². The number of hydrogen-bond donors (Lipinski definition) is 2. The highest BCUT2D eigenvalue weighted by molar-refractivity contribution is 5.98. The molecule has 2 N–H and O–H groups in total. The lowest BCUT2D eigenvalue weighted by Gasteiger charge is -2.19. The van der Waals surface area contributed by atoms with E-state index in [0.29, 0.717) is 16.8 Å². The van der Waals surface area contributed by atoms with Crippen LogP contribution in [0.3, 0.4) is 0 Å². The van der Waals surface area contributed by atoms with E-state index >= 15 is 0 Å². The van der Waals surface area contributed by atoms with E-state index in [2.05, 4.69) is 22.8 Å². The maximum Gasteiger partial charge on any atom is 0.407 e. The predicted molar refractivity (Wildman–Crippen MR) is 156 cm³/mol. The van der Waals surface area contributed by atoms with Gasteiger partial charge < -0.3 is 19.9 Å². The van der Waals surface area contributed by atoms with Crippen LogP contribution in [-0.2, 0) is 35.8 Å². The fourth-order valence-corrected chi connectivity index (χ4v) is 4.44. The molecule has 208 valence electrons. The number of alkyl carbamates (subject to hydrolysis) is 1. The molecule has 9 nitrogen and oxygen atoms in total. The Bertz CT molecular complexity index is 1590. The van der Waals surface area contributed by atoms with Gasteiger partial charge in [-0.2, -0.15) is 10.5 Å². The zero-order valence-electron chi connectivity index (χ0n) is 23.2. The molecule has 0 aliphatic rings. The van der Waals surface area contributed by atoms with Crippen LogP contribution < -0.4 is 10.6 Å². The molecule has 0 saturated heterocycles. The summed E-state index contributed by atoms with van der Waals surface area (Å²) in [7, 11) is 1.96. The van der Waals surface area contributed by atoms with E-state index in [1.54, 1.807) is 24.3 Å². The molecule has 1 heterocycles. The molecule has 9 heteroatoms. The Balaban J connectivity index is 1.47. The second kappa shape index (κ2) is 13.8. The molecule has 1 atom stereocenters. The minimum Gasteiger partial charge on any atom is -0.450 e. The lowest BCUT2D eigenvalue weighted by atomic mass is 10.0. The van der Waals surface area contributed by atoms with Crippen LogP contribution in [0.2, 0.25) is 0 Å². The first-order valence-electron chi connectivity index (χ1n) is 13.6. The Morgan fingerprint density at radius 3 is 2.24 bits per heavy atom. The first kappa shape index (κ1) is 28.8. The van der Waals surface area contributed by atoms with Crippen molar-refractivity contribution in [1.29, 1.82) is 10.5 Å². The number of imidazole rings is 1. The molecule has 0 radical (unpaired) electrons. The van der Waals surface area contributed by atoms with Crippen LogP contribution in [0.15, 0.2) is 66.7 Å². The maximum absolute atomic E-state index is 13.3. The van der Waals surface area contributed by atoms with Crippen molar-refractivity contribution in [3.8, 4) is 12.1 Å². The Hall–Kier alpha value is -5.15. The molecule has 0 aliphatic heterocycles. The molecule has 2 amide bonds. The van der Waals surface area contributed by atoms with Crippen LogP contribution in [0.4, 0.5) is 10.5 Å². The summed E-state index contributed by atoms with van der Waals surface area (Å²) in [5.74, 6) is 0.515. The van der Waals surface area contributed by atoms with Crippen molar-refractivity contribution in [2.75, 3.05) is 11.9 Å². The molecule has 0 saturated carbocycles. The number of unbranched alkanes of at least 4 members (excludes halogenated alkanes) is 1. The molecule has 1 unspecified atom stereocenters. The molecular weight excluding hydrogens is 516 g/mol. The molecular formula is C32H32N6O3. The second-order valence-corrected chi connectivity index (χ2v) is 9.79. The van der Waals surface area contributed by atoms with E-state index in [0.717, 1.165) is 53.7 Å². The summed E-state index contributed by atoms with van der Waals surface area (Å²) in [5, 5.41) is 23.7. The van der Waals surface area contributed by atoms with Gasteiger partial charge in [0.05, 0.1) is 40.9 Å². The predicted octanol–water partition coefficient (Wildman–Crippen LogP) is 5.18. The third-order valence-electron chi connectivity index (χ3n) is 6.82. The SMILES string of the molecule is CCCCOC(=O)NC(Cc1ccc(C#N)cc1)C(=O)Nc1ccc2c(c1)nc(CCc1ccc(C#N)cc1)n2C. The van der Waals surface area contributed by atoms with Gasteiger partial charge in [0.1, 0.15) is 11.9 Å². The number of amides is 2. The fourth-order valence-electron chi connectivity index (χ4n) is 4.44. The number of nitrogens with one attached hydrogen (secondary N) is 2. The number of hydrogen-bond acceptors (Lipinski definition) is 6. The minimum absolute atomic E-state index is 0.228. The van der Waals surface area contributed by atoms with Crippen molar-refractivity contribution in [3.63, 3.8) is 0 Å². The second-order valence-electron chi connectivity index (χ2n) is 9.79. The monoisotopic (exact) mass is 548 g/mol. The fraction of sp³-hybridized carbons (Fsp3) is 0.281. The average Bonchev–Trinajstić information content (AvgIpc) is 3.30. The third-order valence-corrected chi connectivity index (χ3v) is 6.82. The van der Waals surface area contributed by atoms with E-state index in [1.165, 1.54) is 0 Å². The molecule has 0 bridgehead atoms. The van der Waals surface area contributed by atoms with Crippen molar-refractivity contribution in [2.45, 2.75) is 45.1 Å². The number of rotatable bonds is 11. The van der Waals surface area contributed by atoms with E-state index in [4.69, 9.17) is 20.2 Å². The smallest absolute Gasteiger partial charge is 0.407 e. The molecule has 0 fully saturated rings. The minimum atomic E-state index is -0.889. The first-order valence-corrected chi connectivity index (χ1v) is 13.6. The highest BCUT2D eigenvalue weighted by Gasteiger charge is 2.23. The normalized spacial score (nSPS) is 11.3. The average molecular weight is 549 g/mol. The number of aryl methyl sites for hydroxylation is 3. The van der Waals surface area contributed by atoms with Gasteiger partial charge in [-0.1, -0.05) is 37.6 Å². The number of nitrogens with zero attached hydrogens (tertiary/aromatic N) is 4. The lowest BCUT2D eigenvalue weighted by Crippen LogP contribution is -2.45. The van der Waals surface area contributed by atoms with Gasteiger partial charge in [-0.15, -0.1) is 0 Å². The zero-order valence-corrected chi connectivity index (χ0v) is 23.2. The van der Waals surface area contributed by atoms with E-state index < -0.39 is 18.0 Å². The zero-order chi connectivity index (χ0) is 29.2. The van der Waals surface area contributed by atoms with Gasteiger partial charge in [0.2, 0.25) is 5.91 Å². The highest BCUT2D eigenvalue weighted by atomic mass is 16.5. The lowest BCUT2D eigenvalue weighted by molar-refractivity contribution is -0.118. The summed E-state index contributed by atoms with van der Waals surface area (Å²) >= 11 is 0. The van der Waals surface area contributed by atoms with Crippen LogP contribution in [0.1, 0.15) is 47.8 Å². The summed E-state index contributed by atoms with van der Waals surface area (Å²) in [4.78, 5) is 30.5. The summed E-state index contributed by atoms with van der Waals surface area (Å²) in [6, 6.07) is 23.3. The van der Waals surface area contributed by atoms with Crippen LogP contribution in [0.25, 0.3) is 11.0 Å². The highest BCUT2D eigenvalue weighted by Crippen LogP contribution is 2.21. The number of benzene rings is 3. The van der Waals surface area contributed by atoms with Gasteiger partial charge in [-0.3, -0.25) is 4.79 Å². The van der Waals surface area contributed by atoms with E-state index in [-0.39, 0.29) is 13.0 Å². The van der Waals surface area contributed by atoms with Gasteiger partial charge >= 0.3 is 6.09 Å². The van der Waals surface area contributed by atoms with Crippen LogP contribution >= 0.6 is 0 Å². The molecule has 0 spiro atoms. The van der Waals surface area contributed by atoms with Gasteiger partial charge in [-0.05, 0) is 66.4 Å². The molecule has 0 aliphatic carbocycles. The van der Waals surface area contributed by atoms with E-state index in [9.17, 15) is 9.59 Å². The van der Waals surface area contributed by atoms with Gasteiger partial charge in [0.25, 0.3) is 0 Å². The van der Waals surface area contributed by atoms with Crippen molar-refractivity contribution in [1.82, 2.24) is 14.9 Å². The van der Waals surface area contributed by atoms with Gasteiger partial charge in [0.15, 0.2) is 0 Å². The summed E-state index contributed by atoms with van der Waals surface area (Å²) in [6.07, 6.45) is 2.69. The Kier molecular flexibility index (Phi) is 9.69. The summed E-state index contributed by atoms with van der Waals surface area (Å²) < 4.78 is 7.26. The molecule has 41 heavy (non-hydrogen) atoms. The van der Waals surface area contributed by atoms with Crippen molar-refractivity contribution in [2.24, 2.45) is 7.05 Å². The molecule has 4 aromatic rings. The number of aromatic nitrogens is 2. The van der Waals surface area contributed by atoms with Gasteiger partial charge in [-0.25, -0.2) is 9.78 Å². The largest absolute Gasteiger partial charge is 0.450 e. The first-order chi connectivity index (χ1) is 19.9.